The van der Waals surface area contributed by atoms with Crippen LogP contribution >= 0.6 is 0 Å². The zero-order valence-electron chi connectivity index (χ0n) is 8.92. The first kappa shape index (κ1) is 11.0. The molecule has 0 aliphatic carbocycles. The van der Waals surface area contributed by atoms with E-state index in [0.29, 0.717) is 0 Å². The van der Waals surface area contributed by atoms with Crippen LogP contribution in [-0.4, -0.2) is 55.6 Å². The number of hydrogen-bond acceptors (Lipinski definition) is 3. The van der Waals surface area contributed by atoms with E-state index in [0.717, 1.165) is 13.1 Å². The van der Waals surface area contributed by atoms with Gasteiger partial charge in [0.1, 0.15) is 0 Å². The van der Waals surface area contributed by atoms with Gasteiger partial charge in [-0.2, -0.15) is 0 Å². The Morgan fingerprint density at radius 1 is 1.38 bits per heavy atom. The lowest BCUT2D eigenvalue weighted by atomic mass is 10.3. The Labute approximate surface area is 82.1 Å². The first-order valence-corrected chi connectivity index (χ1v) is 5.37. The first-order chi connectivity index (χ1) is 6.36. The van der Waals surface area contributed by atoms with Gasteiger partial charge in [0.25, 0.3) is 0 Å². The first-order valence-electron chi connectivity index (χ1n) is 5.37. The summed E-state index contributed by atoms with van der Waals surface area (Å²) in [4.78, 5) is 4.89. The molecule has 0 aromatic heterocycles. The average Bonchev–Trinajstić information content (AvgIpc) is 2.21. The molecule has 1 radical (unpaired) electrons. The molecule has 0 bridgehead atoms. The molecule has 0 amide bonds. The van der Waals surface area contributed by atoms with Gasteiger partial charge in [0.15, 0.2) is 0 Å². The molecule has 0 spiro atoms. The van der Waals surface area contributed by atoms with Gasteiger partial charge in [0.2, 0.25) is 0 Å². The highest BCUT2D eigenvalue weighted by atomic mass is 15.2. The Hall–Kier alpha value is -0.120. The second-order valence-corrected chi connectivity index (χ2v) is 3.45. The highest BCUT2D eigenvalue weighted by Gasteiger charge is 2.10. The topological polar surface area (TPSA) is 18.5 Å². The number of piperazine rings is 1. The molecule has 0 atom stereocenters. The highest BCUT2D eigenvalue weighted by molar-refractivity contribution is 4.78. The lowest BCUT2D eigenvalue weighted by Crippen LogP contribution is -2.43. The largest absolute Gasteiger partial charge is 0.314 e. The van der Waals surface area contributed by atoms with Gasteiger partial charge in [-0.15, -0.1) is 0 Å². The number of hydrogen-bond donors (Lipinski definition) is 1. The molecule has 1 rings (SSSR count). The molecule has 3 nitrogen and oxygen atoms in total. The summed E-state index contributed by atoms with van der Waals surface area (Å²) < 4.78 is 0. The Bertz CT molecular complexity index is 117. The van der Waals surface area contributed by atoms with Crippen molar-refractivity contribution in [2.24, 2.45) is 0 Å². The fourth-order valence-corrected chi connectivity index (χ4v) is 1.62. The normalized spacial score (nSPS) is 19.6. The van der Waals surface area contributed by atoms with Gasteiger partial charge >= 0.3 is 0 Å². The van der Waals surface area contributed by atoms with Gasteiger partial charge in [0.05, 0.1) is 0 Å². The molecule has 0 unspecified atom stereocenters. The summed E-state index contributed by atoms with van der Waals surface area (Å²) in [5.41, 5.74) is 0. The van der Waals surface area contributed by atoms with Crippen molar-refractivity contribution >= 4 is 0 Å². The minimum Gasteiger partial charge on any atom is -0.314 e. The van der Waals surface area contributed by atoms with Crippen molar-refractivity contribution in [2.75, 3.05) is 45.8 Å². The molecule has 1 heterocycles. The minimum atomic E-state index is 1.04. The van der Waals surface area contributed by atoms with E-state index in [2.05, 4.69) is 35.5 Å². The minimum absolute atomic E-state index is 1.04. The highest BCUT2D eigenvalue weighted by Crippen LogP contribution is 1.97. The van der Waals surface area contributed by atoms with Crippen LogP contribution in [0.25, 0.3) is 0 Å². The van der Waals surface area contributed by atoms with Gasteiger partial charge in [-0.1, -0.05) is 13.8 Å². The molecular formula is C10H22N3. The summed E-state index contributed by atoms with van der Waals surface area (Å²) in [5, 5.41) is 3.32. The maximum atomic E-state index is 3.32. The summed E-state index contributed by atoms with van der Waals surface area (Å²) in [6, 6.07) is 0. The summed E-state index contributed by atoms with van der Waals surface area (Å²) >= 11 is 0. The third kappa shape index (κ3) is 4.07. The fourth-order valence-electron chi connectivity index (χ4n) is 1.62. The van der Waals surface area contributed by atoms with Crippen LogP contribution in [0.1, 0.15) is 13.8 Å². The molecule has 1 aliphatic rings. The lowest BCUT2D eigenvalue weighted by molar-refractivity contribution is 0.226. The number of likely N-dealkylation sites (N-methyl/N-ethyl adjacent to an activating group) is 1. The Kier molecular flexibility index (Phi) is 5.35. The maximum Gasteiger partial charge on any atom is 0.0389 e. The maximum absolute atomic E-state index is 3.32. The van der Waals surface area contributed by atoms with E-state index in [1.165, 1.54) is 32.7 Å². The lowest BCUT2D eigenvalue weighted by Gasteiger charge is -2.29. The van der Waals surface area contributed by atoms with Crippen LogP contribution < -0.4 is 5.32 Å². The van der Waals surface area contributed by atoms with E-state index >= 15 is 0 Å². The fraction of sp³-hybridized carbons (Fsp3) is 0.900. The molecule has 77 valence electrons. The van der Waals surface area contributed by atoms with Gasteiger partial charge in [-0.3, -0.25) is 4.90 Å². The van der Waals surface area contributed by atoms with Crippen LogP contribution in [0.5, 0.6) is 0 Å². The molecule has 13 heavy (non-hydrogen) atoms. The second-order valence-electron chi connectivity index (χ2n) is 3.45. The molecule has 0 aromatic rings. The van der Waals surface area contributed by atoms with Crippen LogP contribution in [0, 0.1) is 6.54 Å². The molecule has 1 aliphatic heterocycles. The van der Waals surface area contributed by atoms with E-state index in [9.17, 15) is 0 Å². The molecule has 0 aromatic carbocycles. The molecule has 3 heteroatoms. The summed E-state index contributed by atoms with van der Waals surface area (Å²) in [6.45, 7) is 14.8. The second kappa shape index (κ2) is 6.35. The SMILES string of the molecule is CCN(CC)CCN1[CH]CNCC1. The van der Waals surface area contributed by atoms with Crippen LogP contribution in [0.4, 0.5) is 0 Å². The number of nitrogens with one attached hydrogen (secondary N) is 1. The molecule has 1 saturated heterocycles. The van der Waals surface area contributed by atoms with Gasteiger partial charge in [0, 0.05) is 39.3 Å². The predicted octanol–water partition coefficient (Wildman–Crippen LogP) is 0.395. The molecule has 1 fully saturated rings. The molecule has 1 N–H and O–H groups in total. The zero-order valence-corrected chi connectivity index (χ0v) is 8.92. The average molecular weight is 184 g/mol. The number of rotatable bonds is 5. The Balaban J connectivity index is 2.09. The van der Waals surface area contributed by atoms with E-state index in [1.54, 1.807) is 0 Å². The summed E-state index contributed by atoms with van der Waals surface area (Å²) in [7, 11) is 0. The van der Waals surface area contributed by atoms with Crippen LogP contribution in [0.15, 0.2) is 0 Å². The Morgan fingerprint density at radius 2 is 2.15 bits per heavy atom. The summed E-state index contributed by atoms with van der Waals surface area (Å²) in [6.07, 6.45) is 0. The van der Waals surface area contributed by atoms with E-state index < -0.39 is 0 Å². The number of nitrogens with zero attached hydrogens (tertiary/aromatic N) is 2. The third-order valence-corrected chi connectivity index (χ3v) is 2.67. The smallest absolute Gasteiger partial charge is 0.0389 e. The molecular weight excluding hydrogens is 162 g/mol. The van der Waals surface area contributed by atoms with Crippen molar-refractivity contribution in [3.05, 3.63) is 6.54 Å². The van der Waals surface area contributed by atoms with Crippen LogP contribution in [0.2, 0.25) is 0 Å². The van der Waals surface area contributed by atoms with E-state index in [-0.39, 0.29) is 0 Å². The predicted molar refractivity (Wildman–Crippen MR) is 56.5 cm³/mol. The zero-order chi connectivity index (χ0) is 9.52. The van der Waals surface area contributed by atoms with Crippen LogP contribution in [-0.2, 0) is 0 Å². The van der Waals surface area contributed by atoms with Crippen molar-refractivity contribution in [2.45, 2.75) is 13.8 Å². The van der Waals surface area contributed by atoms with Gasteiger partial charge in [-0.25, -0.2) is 0 Å². The third-order valence-electron chi connectivity index (χ3n) is 2.67. The summed E-state index contributed by atoms with van der Waals surface area (Å²) in [5.74, 6) is 0. The van der Waals surface area contributed by atoms with Gasteiger partial charge < -0.3 is 10.2 Å². The van der Waals surface area contributed by atoms with Crippen molar-refractivity contribution in [1.82, 2.24) is 15.1 Å². The monoisotopic (exact) mass is 184 g/mol. The van der Waals surface area contributed by atoms with Gasteiger partial charge in [-0.05, 0) is 13.1 Å². The van der Waals surface area contributed by atoms with Crippen molar-refractivity contribution in [3.8, 4) is 0 Å². The van der Waals surface area contributed by atoms with Crippen molar-refractivity contribution in [3.63, 3.8) is 0 Å². The van der Waals surface area contributed by atoms with Crippen molar-refractivity contribution < 1.29 is 0 Å². The van der Waals surface area contributed by atoms with Crippen molar-refractivity contribution in [1.29, 1.82) is 0 Å². The van der Waals surface area contributed by atoms with E-state index in [4.69, 9.17) is 0 Å². The Morgan fingerprint density at radius 3 is 2.69 bits per heavy atom. The molecule has 0 saturated carbocycles. The van der Waals surface area contributed by atoms with E-state index in [1.807, 2.05) is 0 Å². The quantitative estimate of drug-likeness (QED) is 0.667. The van der Waals surface area contributed by atoms with Crippen LogP contribution in [0.3, 0.4) is 0 Å². The standard InChI is InChI=1S/C10H22N3/c1-3-12(4-2)9-10-13-7-5-11-6-8-13/h7,11H,3-6,8-10H2,1-2H3.